The zero-order chi connectivity index (χ0) is 14.1. The zero-order valence-electron chi connectivity index (χ0n) is 10.4. The van der Waals surface area contributed by atoms with Gasteiger partial charge in [0.1, 0.15) is 6.04 Å². The molecule has 0 bridgehead atoms. The Morgan fingerprint density at radius 1 is 1.58 bits per heavy atom. The van der Waals surface area contributed by atoms with Crippen molar-refractivity contribution in [3.63, 3.8) is 0 Å². The summed E-state index contributed by atoms with van der Waals surface area (Å²) in [6.45, 7) is 0.677. The van der Waals surface area contributed by atoms with E-state index in [4.69, 9.17) is 10.8 Å². The van der Waals surface area contributed by atoms with Crippen LogP contribution in [-0.2, 0) is 4.74 Å². The van der Waals surface area contributed by atoms with Gasteiger partial charge in [0.15, 0.2) is 0 Å². The number of nitrogens with zero attached hydrogens (tertiary/aromatic N) is 4. The molecule has 1 unspecified atom stereocenters. The van der Waals surface area contributed by atoms with Gasteiger partial charge in [-0.05, 0) is 23.2 Å². The van der Waals surface area contributed by atoms with Gasteiger partial charge in [-0.2, -0.15) is 5.26 Å². The molecule has 1 aromatic rings. The predicted octanol–water partition coefficient (Wildman–Crippen LogP) is 1.94. The highest BCUT2D eigenvalue weighted by Crippen LogP contribution is 2.13. The second-order valence-corrected chi connectivity index (χ2v) is 3.58. The van der Waals surface area contributed by atoms with E-state index in [0.29, 0.717) is 12.1 Å². The number of hydrogen-bond donors (Lipinski definition) is 1. The maximum Gasteiger partial charge on any atom is 0.337 e. The molecule has 0 spiro atoms. The lowest BCUT2D eigenvalue weighted by molar-refractivity contribution is 0.0600. The van der Waals surface area contributed by atoms with Gasteiger partial charge in [-0.15, -0.1) is 0 Å². The summed E-state index contributed by atoms with van der Waals surface area (Å²) in [5.74, 6) is -0.420. The van der Waals surface area contributed by atoms with Crippen molar-refractivity contribution in [1.82, 2.24) is 5.32 Å². The Kier molecular flexibility index (Phi) is 5.89. The topological polar surface area (TPSA) is 111 Å². The number of esters is 1. The van der Waals surface area contributed by atoms with Gasteiger partial charge in [-0.1, -0.05) is 17.2 Å². The van der Waals surface area contributed by atoms with Crippen molar-refractivity contribution in [3.8, 4) is 6.07 Å². The zero-order valence-corrected chi connectivity index (χ0v) is 10.4. The summed E-state index contributed by atoms with van der Waals surface area (Å²) in [5.41, 5.74) is 9.29. The second-order valence-electron chi connectivity index (χ2n) is 3.58. The summed E-state index contributed by atoms with van der Waals surface area (Å²) in [4.78, 5) is 13.9. The number of nitriles is 1. The number of benzene rings is 1. The van der Waals surface area contributed by atoms with E-state index in [1.165, 1.54) is 7.11 Å². The van der Waals surface area contributed by atoms with Gasteiger partial charge in [0.25, 0.3) is 0 Å². The molecular formula is C12H13N5O2. The number of carbonyl (C=O) groups is 1. The number of nitrogens with one attached hydrogen (secondary N) is 1. The maximum atomic E-state index is 11.3. The fourth-order valence-electron chi connectivity index (χ4n) is 1.47. The molecule has 0 aromatic heterocycles. The minimum atomic E-state index is -0.513. The van der Waals surface area contributed by atoms with Crippen molar-refractivity contribution in [2.75, 3.05) is 20.2 Å². The Labute approximate surface area is 110 Å². The van der Waals surface area contributed by atoms with Crippen molar-refractivity contribution < 1.29 is 9.53 Å². The maximum absolute atomic E-state index is 11.3. The molecule has 0 amide bonds. The van der Waals surface area contributed by atoms with Gasteiger partial charge < -0.3 is 4.74 Å². The van der Waals surface area contributed by atoms with Crippen LogP contribution >= 0.6 is 0 Å². The average Bonchev–Trinajstić information content (AvgIpc) is 2.47. The molecule has 1 N–H and O–H groups in total. The highest BCUT2D eigenvalue weighted by Gasteiger charge is 2.11. The molecular weight excluding hydrogens is 246 g/mol. The summed E-state index contributed by atoms with van der Waals surface area (Å²) in [6, 6.07) is 8.14. The van der Waals surface area contributed by atoms with E-state index < -0.39 is 12.0 Å². The summed E-state index contributed by atoms with van der Waals surface area (Å²) >= 11 is 0. The van der Waals surface area contributed by atoms with E-state index in [0.717, 1.165) is 5.56 Å². The van der Waals surface area contributed by atoms with Crippen LogP contribution in [-0.4, -0.2) is 26.2 Å². The van der Waals surface area contributed by atoms with Crippen LogP contribution in [0, 0.1) is 11.3 Å². The van der Waals surface area contributed by atoms with Gasteiger partial charge in [-0.25, -0.2) is 4.79 Å². The van der Waals surface area contributed by atoms with E-state index in [1.807, 2.05) is 0 Å². The van der Waals surface area contributed by atoms with Crippen LogP contribution in [0.15, 0.2) is 29.4 Å². The van der Waals surface area contributed by atoms with E-state index in [9.17, 15) is 4.79 Å². The quantitative estimate of drug-likeness (QED) is 0.276. The first-order chi connectivity index (χ1) is 9.22. The highest BCUT2D eigenvalue weighted by molar-refractivity contribution is 5.89. The Bertz CT molecular complexity index is 514. The summed E-state index contributed by atoms with van der Waals surface area (Å²) < 4.78 is 4.59. The first-order valence-corrected chi connectivity index (χ1v) is 5.55. The lowest BCUT2D eigenvalue weighted by Gasteiger charge is -2.11. The monoisotopic (exact) mass is 259 g/mol. The van der Waals surface area contributed by atoms with Gasteiger partial charge in [0.2, 0.25) is 0 Å². The lowest BCUT2D eigenvalue weighted by Crippen LogP contribution is -2.22. The number of carbonyl (C=O) groups excluding carboxylic acids is 1. The molecule has 1 rings (SSSR count). The first-order valence-electron chi connectivity index (χ1n) is 5.55. The molecule has 0 aliphatic heterocycles. The van der Waals surface area contributed by atoms with Crippen molar-refractivity contribution in [3.05, 3.63) is 45.8 Å². The second kappa shape index (κ2) is 7.71. The molecule has 98 valence electrons. The number of methoxy groups -OCH3 is 1. The fourth-order valence-corrected chi connectivity index (χ4v) is 1.47. The third-order valence-corrected chi connectivity index (χ3v) is 2.42. The van der Waals surface area contributed by atoms with Crippen LogP contribution in [0.4, 0.5) is 0 Å². The number of rotatable bonds is 6. The van der Waals surface area contributed by atoms with E-state index in [-0.39, 0.29) is 6.54 Å². The Hall–Kier alpha value is -2.55. The number of azide groups is 1. The minimum Gasteiger partial charge on any atom is -0.465 e. The molecule has 1 atom stereocenters. The molecule has 0 radical (unpaired) electrons. The van der Waals surface area contributed by atoms with E-state index >= 15 is 0 Å². The van der Waals surface area contributed by atoms with Gasteiger partial charge in [-0.3, -0.25) is 5.32 Å². The number of hydrogen-bond acceptors (Lipinski definition) is 5. The molecule has 0 aliphatic carbocycles. The Morgan fingerprint density at radius 3 is 2.79 bits per heavy atom. The van der Waals surface area contributed by atoms with Crippen molar-refractivity contribution in [2.45, 2.75) is 6.04 Å². The lowest BCUT2D eigenvalue weighted by atomic mass is 10.1. The van der Waals surface area contributed by atoms with E-state index in [1.54, 1.807) is 24.3 Å². The molecule has 1 aromatic carbocycles. The van der Waals surface area contributed by atoms with Gasteiger partial charge >= 0.3 is 5.97 Å². The van der Waals surface area contributed by atoms with Crippen molar-refractivity contribution >= 4 is 5.97 Å². The molecule has 0 heterocycles. The third-order valence-electron chi connectivity index (χ3n) is 2.42. The van der Waals surface area contributed by atoms with Crippen molar-refractivity contribution in [2.24, 2.45) is 5.11 Å². The summed E-state index contributed by atoms with van der Waals surface area (Å²) in [7, 11) is 1.31. The molecule has 0 fully saturated rings. The predicted molar refractivity (Wildman–Crippen MR) is 68.2 cm³/mol. The fraction of sp³-hybridized carbons (Fsp3) is 0.333. The third kappa shape index (κ3) is 4.32. The summed E-state index contributed by atoms with van der Waals surface area (Å²) in [6.07, 6.45) is 0. The molecule has 19 heavy (non-hydrogen) atoms. The molecule has 0 saturated carbocycles. The molecule has 0 saturated heterocycles. The van der Waals surface area contributed by atoms with E-state index in [2.05, 4.69) is 26.1 Å². The van der Waals surface area contributed by atoms with Crippen molar-refractivity contribution in [1.29, 1.82) is 5.26 Å². The average molecular weight is 259 g/mol. The molecule has 7 heteroatoms. The van der Waals surface area contributed by atoms with Crippen LogP contribution in [0.1, 0.15) is 22.0 Å². The number of ether oxygens (including phenoxy) is 1. The van der Waals surface area contributed by atoms with Crippen LogP contribution in [0.5, 0.6) is 0 Å². The standard InChI is InChI=1S/C12H13N5O2/c1-19-12(18)10-4-2-9(3-5-10)11(8-13)15-6-7-16-17-14/h2-5,11,15H,6-7H2,1H3. The normalized spacial score (nSPS) is 10.9. The van der Waals surface area contributed by atoms with Crippen LogP contribution in [0.2, 0.25) is 0 Å². The van der Waals surface area contributed by atoms with Gasteiger partial charge in [0, 0.05) is 18.0 Å². The Balaban J connectivity index is 2.69. The van der Waals surface area contributed by atoms with Gasteiger partial charge in [0.05, 0.1) is 18.7 Å². The largest absolute Gasteiger partial charge is 0.465 e. The Morgan fingerprint density at radius 2 is 2.26 bits per heavy atom. The SMILES string of the molecule is COC(=O)c1ccc(C(C#N)NCCN=[N+]=[N-])cc1. The summed E-state index contributed by atoms with van der Waals surface area (Å²) in [5, 5.41) is 15.4. The van der Waals surface area contributed by atoms with Crippen LogP contribution < -0.4 is 5.32 Å². The molecule has 0 aliphatic rings. The highest BCUT2D eigenvalue weighted by atomic mass is 16.5. The molecule has 7 nitrogen and oxygen atoms in total. The van der Waals surface area contributed by atoms with Crippen LogP contribution in [0.25, 0.3) is 10.4 Å². The smallest absolute Gasteiger partial charge is 0.337 e. The van der Waals surface area contributed by atoms with Crippen LogP contribution in [0.3, 0.4) is 0 Å². The first kappa shape index (κ1) is 14.5. The minimum absolute atomic E-state index is 0.273.